The summed E-state index contributed by atoms with van der Waals surface area (Å²) in [5.41, 5.74) is -0.475. The highest BCUT2D eigenvalue weighted by Gasteiger charge is 2.20. The highest BCUT2D eigenvalue weighted by Crippen LogP contribution is 2.17. The number of sulfonamides is 1. The van der Waals surface area contributed by atoms with Crippen LogP contribution in [-0.2, 0) is 16.6 Å². The number of nitrogens with one attached hydrogen (secondary N) is 1. The second-order valence-corrected chi connectivity index (χ2v) is 5.98. The van der Waals surface area contributed by atoms with Gasteiger partial charge in [-0.3, -0.25) is 4.68 Å². The van der Waals surface area contributed by atoms with Gasteiger partial charge in [-0.05, 0) is 24.6 Å². The number of rotatable bonds is 6. The average molecular weight is 308 g/mol. The van der Waals surface area contributed by atoms with Gasteiger partial charge in [0.15, 0.2) is 0 Å². The first-order valence-electron chi connectivity index (χ1n) is 6.20. The molecule has 0 radical (unpaired) electrons. The topological polar surface area (TPSA) is 87.8 Å². The van der Waals surface area contributed by atoms with Crippen molar-refractivity contribution in [3.8, 4) is 6.07 Å². The fraction of sp³-hybridized carbons (Fsp3) is 0.231. The standard InChI is InChI=1S/C13H13FN4O2S/c14-12-4-1-5-13(11(12)10-15)21(19,20)17-7-3-9-18-8-2-6-16-18/h1-2,4-6,8,17H,3,7,9H2. The summed E-state index contributed by atoms with van der Waals surface area (Å²) in [5, 5.41) is 12.9. The molecule has 0 aliphatic carbocycles. The Bertz CT molecular complexity index is 751. The Hall–Kier alpha value is -2.24. The Morgan fingerprint density at radius 2 is 2.19 bits per heavy atom. The second-order valence-electron chi connectivity index (χ2n) is 4.25. The van der Waals surface area contributed by atoms with E-state index < -0.39 is 21.4 Å². The molecule has 1 heterocycles. The van der Waals surface area contributed by atoms with Gasteiger partial charge in [0.05, 0.1) is 0 Å². The van der Waals surface area contributed by atoms with Crippen LogP contribution in [0.1, 0.15) is 12.0 Å². The fourth-order valence-electron chi connectivity index (χ4n) is 1.79. The van der Waals surface area contributed by atoms with Crippen molar-refractivity contribution in [2.24, 2.45) is 0 Å². The normalized spacial score (nSPS) is 11.2. The second kappa shape index (κ2) is 6.47. The van der Waals surface area contributed by atoms with Gasteiger partial charge in [0.1, 0.15) is 22.3 Å². The van der Waals surface area contributed by atoms with Crippen LogP contribution in [0.3, 0.4) is 0 Å². The molecule has 2 aromatic rings. The van der Waals surface area contributed by atoms with E-state index >= 15 is 0 Å². The van der Waals surface area contributed by atoms with Crippen LogP contribution in [0.15, 0.2) is 41.6 Å². The van der Waals surface area contributed by atoms with Crippen LogP contribution in [0.4, 0.5) is 4.39 Å². The number of hydrogen-bond acceptors (Lipinski definition) is 4. The van der Waals surface area contributed by atoms with E-state index in [-0.39, 0.29) is 11.4 Å². The predicted octanol–water partition coefficient (Wildman–Crippen LogP) is 1.26. The molecule has 21 heavy (non-hydrogen) atoms. The van der Waals surface area contributed by atoms with Crippen molar-refractivity contribution >= 4 is 10.0 Å². The van der Waals surface area contributed by atoms with Gasteiger partial charge in [0.2, 0.25) is 10.0 Å². The number of benzene rings is 1. The predicted molar refractivity (Wildman–Crippen MR) is 73.1 cm³/mol. The Balaban J connectivity index is 2.02. The third-order valence-corrected chi connectivity index (χ3v) is 4.30. The Labute approximate surface area is 121 Å². The van der Waals surface area contributed by atoms with E-state index in [0.717, 1.165) is 6.07 Å². The molecule has 2 rings (SSSR count). The lowest BCUT2D eigenvalue weighted by Crippen LogP contribution is -2.26. The summed E-state index contributed by atoms with van der Waals surface area (Å²) in [7, 11) is -3.91. The third-order valence-electron chi connectivity index (χ3n) is 2.79. The maximum atomic E-state index is 13.4. The Kier molecular flexibility index (Phi) is 4.67. The summed E-state index contributed by atoms with van der Waals surface area (Å²) < 4.78 is 41.6. The fourth-order valence-corrected chi connectivity index (χ4v) is 3.03. The average Bonchev–Trinajstić information content (AvgIpc) is 2.96. The van der Waals surface area contributed by atoms with Gasteiger partial charge < -0.3 is 0 Å². The molecule has 1 N–H and O–H groups in total. The SMILES string of the molecule is N#Cc1c(F)cccc1S(=O)(=O)NCCCn1cccn1. The first kappa shape index (κ1) is 15.2. The molecule has 0 saturated heterocycles. The van der Waals surface area contributed by atoms with Gasteiger partial charge >= 0.3 is 0 Å². The van der Waals surface area contributed by atoms with Crippen molar-refractivity contribution in [2.75, 3.05) is 6.54 Å². The Morgan fingerprint density at radius 1 is 1.38 bits per heavy atom. The number of aryl methyl sites for hydroxylation is 1. The summed E-state index contributed by atoms with van der Waals surface area (Å²) in [5.74, 6) is -0.850. The lowest BCUT2D eigenvalue weighted by Gasteiger charge is -2.08. The molecule has 0 fully saturated rings. The van der Waals surface area contributed by atoms with E-state index in [0.29, 0.717) is 13.0 Å². The number of halogens is 1. The first-order chi connectivity index (χ1) is 10.0. The molecule has 0 unspecified atom stereocenters. The van der Waals surface area contributed by atoms with Gasteiger partial charge in [-0.1, -0.05) is 6.07 Å². The van der Waals surface area contributed by atoms with E-state index in [2.05, 4.69) is 9.82 Å². The zero-order chi connectivity index (χ0) is 15.3. The van der Waals surface area contributed by atoms with Crippen LogP contribution in [0.5, 0.6) is 0 Å². The summed E-state index contributed by atoms with van der Waals surface area (Å²) in [6.07, 6.45) is 3.93. The van der Waals surface area contributed by atoms with Crippen molar-refractivity contribution in [1.82, 2.24) is 14.5 Å². The van der Waals surface area contributed by atoms with Crippen molar-refractivity contribution in [2.45, 2.75) is 17.9 Å². The molecule has 8 heteroatoms. The van der Waals surface area contributed by atoms with Crippen LogP contribution in [0, 0.1) is 17.1 Å². The molecular formula is C13H13FN4O2S. The lowest BCUT2D eigenvalue weighted by atomic mass is 10.2. The van der Waals surface area contributed by atoms with Crippen molar-refractivity contribution in [3.05, 3.63) is 48.0 Å². The van der Waals surface area contributed by atoms with Crippen LogP contribution in [0.25, 0.3) is 0 Å². The first-order valence-corrected chi connectivity index (χ1v) is 7.68. The third kappa shape index (κ3) is 3.65. The summed E-state index contributed by atoms with van der Waals surface area (Å²) in [6.45, 7) is 0.730. The van der Waals surface area contributed by atoms with E-state index in [4.69, 9.17) is 5.26 Å². The van der Waals surface area contributed by atoms with Gasteiger partial charge in [-0.15, -0.1) is 0 Å². The van der Waals surface area contributed by atoms with Crippen molar-refractivity contribution in [3.63, 3.8) is 0 Å². The highest BCUT2D eigenvalue weighted by atomic mass is 32.2. The van der Waals surface area contributed by atoms with Gasteiger partial charge in [0.25, 0.3) is 0 Å². The minimum absolute atomic E-state index is 0.170. The van der Waals surface area contributed by atoms with Gasteiger partial charge in [-0.25, -0.2) is 17.5 Å². The van der Waals surface area contributed by atoms with Gasteiger partial charge in [0, 0.05) is 25.5 Å². The monoisotopic (exact) mass is 308 g/mol. The lowest BCUT2D eigenvalue weighted by molar-refractivity contribution is 0.551. The largest absolute Gasteiger partial charge is 0.273 e. The smallest absolute Gasteiger partial charge is 0.241 e. The van der Waals surface area contributed by atoms with Crippen LogP contribution >= 0.6 is 0 Å². The van der Waals surface area contributed by atoms with Crippen LogP contribution < -0.4 is 4.72 Å². The molecule has 0 atom stereocenters. The maximum Gasteiger partial charge on any atom is 0.241 e. The number of nitriles is 1. The molecule has 6 nitrogen and oxygen atoms in total. The summed E-state index contributed by atoms with van der Waals surface area (Å²) in [6, 6.07) is 6.86. The number of nitrogens with zero attached hydrogens (tertiary/aromatic N) is 3. The molecule has 0 saturated carbocycles. The highest BCUT2D eigenvalue weighted by molar-refractivity contribution is 7.89. The van der Waals surface area contributed by atoms with Gasteiger partial charge in [-0.2, -0.15) is 10.4 Å². The van der Waals surface area contributed by atoms with E-state index in [1.165, 1.54) is 12.1 Å². The molecule has 1 aromatic carbocycles. The molecule has 0 spiro atoms. The zero-order valence-electron chi connectivity index (χ0n) is 11.0. The summed E-state index contributed by atoms with van der Waals surface area (Å²) >= 11 is 0. The maximum absolute atomic E-state index is 13.4. The van der Waals surface area contributed by atoms with E-state index in [9.17, 15) is 12.8 Å². The van der Waals surface area contributed by atoms with E-state index in [1.807, 2.05) is 0 Å². The molecule has 0 aliphatic heterocycles. The number of hydrogen-bond donors (Lipinski definition) is 1. The molecule has 110 valence electrons. The van der Waals surface area contributed by atoms with Crippen LogP contribution in [-0.4, -0.2) is 24.7 Å². The minimum atomic E-state index is -3.91. The molecule has 0 aliphatic rings. The molecule has 0 amide bonds. The van der Waals surface area contributed by atoms with Crippen LogP contribution in [0.2, 0.25) is 0 Å². The quantitative estimate of drug-likeness (QED) is 0.814. The minimum Gasteiger partial charge on any atom is -0.273 e. The molecular weight excluding hydrogens is 295 g/mol. The molecule has 0 bridgehead atoms. The van der Waals surface area contributed by atoms with E-state index in [1.54, 1.807) is 29.2 Å². The summed E-state index contributed by atoms with van der Waals surface area (Å²) in [4.78, 5) is -0.343. The zero-order valence-corrected chi connectivity index (χ0v) is 11.8. The molecule has 1 aromatic heterocycles. The van der Waals surface area contributed by atoms with Crippen molar-refractivity contribution in [1.29, 1.82) is 5.26 Å². The van der Waals surface area contributed by atoms with Crippen molar-refractivity contribution < 1.29 is 12.8 Å². The number of aromatic nitrogens is 2. The Morgan fingerprint density at radius 3 is 2.86 bits per heavy atom.